The standard InChI is InChI=1S/C28H47N9O11/c1-3-5-17(25(45)33-12-22(42)31-7-9-38)35-24(44)14-32-23(43)13-34-26(46)18(10-16(40)15-39)36-27(47)20-6-4-8-37(20)28(48)19(30-2)11-21(29)41/h9,16-20,30,39-40H,3-8,10-15H2,1-2H3,(H2,29,41)(H,31,42)(H,32,43)(H,33,45)(H,34,46)(H,35,44)(H,36,47). The molecule has 8 amide bonds. The first-order chi connectivity index (χ1) is 22.8. The number of nitrogens with two attached hydrogens (primary N) is 1. The molecule has 1 saturated heterocycles. The second kappa shape index (κ2) is 22.0. The molecular formula is C28H47N9O11. The molecule has 20 nitrogen and oxygen atoms in total. The van der Waals surface area contributed by atoms with Crippen molar-refractivity contribution < 1.29 is 53.4 Å². The Morgan fingerprint density at radius 1 is 0.875 bits per heavy atom. The highest BCUT2D eigenvalue weighted by Crippen LogP contribution is 2.19. The number of carbonyl (C=O) groups excluding carboxylic acids is 9. The predicted octanol–water partition coefficient (Wildman–Crippen LogP) is -6.38. The number of primary amides is 1. The van der Waals surface area contributed by atoms with Crippen molar-refractivity contribution in [2.75, 3.05) is 46.4 Å². The molecule has 1 aliphatic heterocycles. The van der Waals surface area contributed by atoms with E-state index in [0.29, 0.717) is 19.1 Å². The fourth-order valence-electron chi connectivity index (χ4n) is 4.71. The largest absolute Gasteiger partial charge is 0.394 e. The topological polar surface area (TPSA) is 308 Å². The maximum absolute atomic E-state index is 13.2. The van der Waals surface area contributed by atoms with Gasteiger partial charge in [0.05, 0.1) is 51.4 Å². The average molecular weight is 686 g/mol. The van der Waals surface area contributed by atoms with Crippen LogP contribution < -0.4 is 43.0 Å². The minimum atomic E-state index is -1.42. The van der Waals surface area contributed by atoms with Crippen molar-refractivity contribution in [1.82, 2.24) is 42.1 Å². The van der Waals surface area contributed by atoms with Crippen molar-refractivity contribution in [2.24, 2.45) is 5.73 Å². The Balaban J connectivity index is 2.73. The number of likely N-dealkylation sites (N-methyl/N-ethyl adjacent to an activating group) is 1. The van der Waals surface area contributed by atoms with Crippen LogP contribution in [0.25, 0.3) is 0 Å². The highest BCUT2D eigenvalue weighted by atomic mass is 16.3. The first-order valence-electron chi connectivity index (χ1n) is 15.4. The van der Waals surface area contributed by atoms with Crippen LogP contribution in [-0.4, -0.2) is 145 Å². The summed E-state index contributed by atoms with van der Waals surface area (Å²) in [5, 5.41) is 36.0. The van der Waals surface area contributed by atoms with Crippen LogP contribution >= 0.6 is 0 Å². The molecule has 0 spiro atoms. The Morgan fingerprint density at radius 3 is 2.04 bits per heavy atom. The number of aliphatic hydroxyl groups is 2. The van der Waals surface area contributed by atoms with Gasteiger partial charge in [-0.1, -0.05) is 13.3 Å². The molecule has 5 unspecified atom stereocenters. The van der Waals surface area contributed by atoms with Crippen molar-refractivity contribution >= 4 is 53.5 Å². The molecule has 1 fully saturated rings. The van der Waals surface area contributed by atoms with Crippen molar-refractivity contribution in [3.05, 3.63) is 0 Å². The highest BCUT2D eigenvalue weighted by Gasteiger charge is 2.38. The number of carbonyl (C=O) groups is 9. The summed E-state index contributed by atoms with van der Waals surface area (Å²) < 4.78 is 0. The van der Waals surface area contributed by atoms with Crippen LogP contribution in [-0.2, 0) is 43.2 Å². The summed E-state index contributed by atoms with van der Waals surface area (Å²) in [6, 6.07) is -4.40. The Labute approximate surface area is 277 Å². The Morgan fingerprint density at radius 2 is 1.48 bits per heavy atom. The maximum Gasteiger partial charge on any atom is 0.243 e. The number of rotatable bonds is 22. The number of nitrogens with one attached hydrogen (secondary N) is 7. The van der Waals surface area contributed by atoms with Gasteiger partial charge in [-0.15, -0.1) is 0 Å². The second-order valence-corrected chi connectivity index (χ2v) is 10.9. The molecule has 0 saturated carbocycles. The van der Waals surface area contributed by atoms with Gasteiger partial charge in [0, 0.05) is 13.0 Å². The third kappa shape index (κ3) is 14.8. The SMILES string of the molecule is CCCC(NC(=O)CNC(=O)CNC(=O)C(CC(O)CO)NC(=O)C1CCCN1C(=O)C(CC(N)=O)NC)C(=O)NCC(=O)NCC=O. The molecule has 1 aliphatic rings. The van der Waals surface area contributed by atoms with Crippen LogP contribution in [0.15, 0.2) is 0 Å². The molecule has 1 heterocycles. The van der Waals surface area contributed by atoms with Gasteiger partial charge in [0.1, 0.15) is 24.4 Å². The molecule has 0 radical (unpaired) electrons. The molecule has 20 heteroatoms. The van der Waals surface area contributed by atoms with E-state index in [1.807, 2.05) is 0 Å². The quantitative estimate of drug-likeness (QED) is 0.0476. The normalized spacial score (nSPS) is 16.3. The van der Waals surface area contributed by atoms with Gasteiger partial charge in [0.15, 0.2) is 0 Å². The zero-order valence-corrected chi connectivity index (χ0v) is 27.0. The molecule has 48 heavy (non-hydrogen) atoms. The van der Waals surface area contributed by atoms with Gasteiger partial charge in [-0.3, -0.25) is 38.4 Å². The van der Waals surface area contributed by atoms with Gasteiger partial charge in [-0.05, 0) is 26.3 Å². The van der Waals surface area contributed by atoms with Crippen LogP contribution in [0.4, 0.5) is 0 Å². The molecule has 270 valence electrons. The summed E-state index contributed by atoms with van der Waals surface area (Å²) >= 11 is 0. The smallest absolute Gasteiger partial charge is 0.243 e. The molecule has 1 rings (SSSR count). The second-order valence-electron chi connectivity index (χ2n) is 10.9. The maximum atomic E-state index is 13.2. The van der Waals surface area contributed by atoms with Crippen LogP contribution in [0.3, 0.4) is 0 Å². The van der Waals surface area contributed by atoms with Gasteiger partial charge in [-0.2, -0.15) is 0 Å². The number of likely N-dealkylation sites (tertiary alicyclic amines) is 1. The van der Waals surface area contributed by atoms with E-state index in [1.165, 1.54) is 11.9 Å². The minimum absolute atomic E-state index is 0.210. The summed E-state index contributed by atoms with van der Waals surface area (Å²) in [5.74, 6) is -5.69. The van der Waals surface area contributed by atoms with Crippen LogP contribution in [0.1, 0.15) is 45.4 Å². The lowest BCUT2D eigenvalue weighted by atomic mass is 10.1. The summed E-state index contributed by atoms with van der Waals surface area (Å²) in [6.45, 7) is -0.609. The fourth-order valence-corrected chi connectivity index (χ4v) is 4.71. The summed E-state index contributed by atoms with van der Waals surface area (Å²) in [4.78, 5) is 111. The molecule has 0 aromatic rings. The first kappa shape index (κ1) is 41.3. The minimum Gasteiger partial charge on any atom is -0.394 e. The average Bonchev–Trinajstić information content (AvgIpc) is 3.55. The van der Waals surface area contributed by atoms with Gasteiger partial charge in [0.25, 0.3) is 0 Å². The monoisotopic (exact) mass is 685 g/mol. The molecule has 0 aromatic carbocycles. The summed E-state index contributed by atoms with van der Waals surface area (Å²) in [5.41, 5.74) is 5.21. The lowest BCUT2D eigenvalue weighted by Gasteiger charge is -2.29. The van der Waals surface area contributed by atoms with E-state index < -0.39 is 110 Å². The van der Waals surface area contributed by atoms with Crippen molar-refractivity contribution in [1.29, 1.82) is 0 Å². The molecule has 0 aromatic heterocycles. The zero-order valence-electron chi connectivity index (χ0n) is 27.0. The lowest BCUT2D eigenvalue weighted by Crippen LogP contribution is -2.57. The molecular weight excluding hydrogens is 638 g/mol. The van der Waals surface area contributed by atoms with Crippen LogP contribution in [0.5, 0.6) is 0 Å². The van der Waals surface area contributed by atoms with Crippen molar-refractivity contribution in [2.45, 2.75) is 75.7 Å². The number of hydrogen-bond acceptors (Lipinski definition) is 12. The van der Waals surface area contributed by atoms with E-state index in [0.717, 1.165) is 0 Å². The van der Waals surface area contributed by atoms with Crippen LogP contribution in [0.2, 0.25) is 0 Å². The number of hydrogen-bond donors (Lipinski definition) is 10. The van der Waals surface area contributed by atoms with E-state index in [-0.39, 0.29) is 32.4 Å². The molecule has 0 aliphatic carbocycles. The van der Waals surface area contributed by atoms with E-state index in [4.69, 9.17) is 5.73 Å². The highest BCUT2D eigenvalue weighted by molar-refractivity contribution is 5.96. The van der Waals surface area contributed by atoms with E-state index >= 15 is 0 Å². The Kier molecular flexibility index (Phi) is 18.9. The Bertz CT molecular complexity index is 1170. The number of amides is 8. The van der Waals surface area contributed by atoms with Crippen LogP contribution in [0, 0.1) is 0 Å². The van der Waals surface area contributed by atoms with Gasteiger partial charge in [0.2, 0.25) is 47.3 Å². The van der Waals surface area contributed by atoms with E-state index in [1.54, 1.807) is 6.92 Å². The van der Waals surface area contributed by atoms with Gasteiger partial charge < -0.3 is 62.9 Å². The first-order valence-corrected chi connectivity index (χ1v) is 15.4. The Hall–Kier alpha value is -4.69. The molecule has 5 atom stereocenters. The third-order valence-electron chi connectivity index (χ3n) is 7.15. The predicted molar refractivity (Wildman–Crippen MR) is 166 cm³/mol. The summed E-state index contributed by atoms with van der Waals surface area (Å²) in [7, 11) is 1.46. The summed E-state index contributed by atoms with van der Waals surface area (Å²) in [6.07, 6.45) is -0.228. The van der Waals surface area contributed by atoms with Gasteiger partial charge >= 0.3 is 0 Å². The number of aldehydes is 1. The lowest BCUT2D eigenvalue weighted by molar-refractivity contribution is -0.142. The third-order valence-corrected chi connectivity index (χ3v) is 7.15. The zero-order chi connectivity index (χ0) is 36.2. The number of nitrogens with zero attached hydrogens (tertiary/aromatic N) is 1. The van der Waals surface area contributed by atoms with Crippen molar-refractivity contribution in [3.63, 3.8) is 0 Å². The molecule has 0 bridgehead atoms. The number of aliphatic hydroxyl groups excluding tert-OH is 2. The fraction of sp³-hybridized carbons (Fsp3) is 0.679. The van der Waals surface area contributed by atoms with E-state index in [9.17, 15) is 53.4 Å². The van der Waals surface area contributed by atoms with Gasteiger partial charge in [-0.25, -0.2) is 0 Å². The molecule has 11 N–H and O–H groups in total. The van der Waals surface area contributed by atoms with Crippen molar-refractivity contribution in [3.8, 4) is 0 Å². The van der Waals surface area contributed by atoms with E-state index in [2.05, 4.69) is 37.2 Å².